The Hall–Kier alpha value is -3.41. The number of rotatable bonds is 5. The van der Waals surface area contributed by atoms with E-state index in [0.717, 1.165) is 12.1 Å². The van der Waals surface area contributed by atoms with Gasteiger partial charge in [-0.25, -0.2) is 4.79 Å². The monoisotopic (exact) mass is 384 g/mol. The number of ether oxygens (including phenoxy) is 1. The lowest BCUT2D eigenvalue weighted by atomic mass is 9.95. The topological polar surface area (TPSA) is 43.4 Å². The van der Waals surface area contributed by atoms with Gasteiger partial charge in [-0.05, 0) is 18.2 Å². The third-order valence-corrected chi connectivity index (χ3v) is 4.08. The first kappa shape index (κ1) is 19.4. The van der Waals surface area contributed by atoms with E-state index in [1.165, 1.54) is 36.4 Å². The second-order valence-corrected chi connectivity index (χ2v) is 5.97. The first-order valence-electron chi connectivity index (χ1n) is 8.39. The van der Waals surface area contributed by atoms with Gasteiger partial charge in [0, 0.05) is 11.1 Å². The Kier molecular flexibility index (Phi) is 5.59. The van der Waals surface area contributed by atoms with Crippen LogP contribution in [0.25, 0.3) is 0 Å². The van der Waals surface area contributed by atoms with Crippen molar-refractivity contribution in [3.8, 4) is 0 Å². The minimum absolute atomic E-state index is 0.137. The second-order valence-electron chi connectivity index (χ2n) is 5.97. The first-order chi connectivity index (χ1) is 13.4. The highest BCUT2D eigenvalue weighted by molar-refractivity contribution is 6.02. The Morgan fingerprint density at radius 2 is 1.21 bits per heavy atom. The zero-order chi connectivity index (χ0) is 20.1. The lowest BCUT2D eigenvalue weighted by molar-refractivity contribution is -0.139. The molecular weight excluding hydrogens is 369 g/mol. The molecule has 0 aromatic heterocycles. The second kappa shape index (κ2) is 8.08. The fraction of sp³-hybridized carbons (Fsp3) is 0.0909. The molecule has 1 atom stereocenters. The van der Waals surface area contributed by atoms with Crippen molar-refractivity contribution >= 4 is 11.8 Å². The molecule has 0 saturated carbocycles. The molecule has 0 N–H and O–H groups in total. The maximum absolute atomic E-state index is 13.5. The van der Waals surface area contributed by atoms with Gasteiger partial charge in [0.15, 0.2) is 6.10 Å². The number of benzene rings is 3. The van der Waals surface area contributed by atoms with Gasteiger partial charge in [0.25, 0.3) is 0 Å². The average molecular weight is 384 g/mol. The Labute approximate surface area is 159 Å². The van der Waals surface area contributed by atoms with Crippen molar-refractivity contribution in [2.45, 2.75) is 12.3 Å². The van der Waals surface area contributed by atoms with Gasteiger partial charge < -0.3 is 4.74 Å². The molecule has 3 rings (SSSR count). The number of ketones is 1. The Balaban J connectivity index is 2.06. The van der Waals surface area contributed by atoms with Crippen LogP contribution in [0.5, 0.6) is 0 Å². The highest BCUT2D eigenvalue weighted by Crippen LogP contribution is 2.37. The quantitative estimate of drug-likeness (QED) is 0.432. The van der Waals surface area contributed by atoms with Gasteiger partial charge in [0.2, 0.25) is 5.78 Å². The molecule has 3 aromatic rings. The summed E-state index contributed by atoms with van der Waals surface area (Å²) in [5, 5.41) is 0. The van der Waals surface area contributed by atoms with Crippen LogP contribution in [-0.2, 0) is 10.9 Å². The van der Waals surface area contributed by atoms with Crippen molar-refractivity contribution in [1.82, 2.24) is 0 Å². The number of carbonyl (C=O) groups excluding carboxylic acids is 2. The summed E-state index contributed by atoms with van der Waals surface area (Å²) in [5.41, 5.74) is -1.15. The van der Waals surface area contributed by atoms with E-state index in [1.54, 1.807) is 36.4 Å². The van der Waals surface area contributed by atoms with Crippen LogP contribution in [-0.4, -0.2) is 11.8 Å². The molecule has 28 heavy (non-hydrogen) atoms. The van der Waals surface area contributed by atoms with E-state index in [2.05, 4.69) is 0 Å². The van der Waals surface area contributed by atoms with E-state index < -0.39 is 35.2 Å². The summed E-state index contributed by atoms with van der Waals surface area (Å²) in [6, 6.07) is 20.1. The zero-order valence-electron chi connectivity index (χ0n) is 14.5. The predicted octanol–water partition coefficient (Wildman–Crippen LogP) is 5.49. The number of carbonyl (C=O) groups is 2. The highest BCUT2D eigenvalue weighted by Gasteiger charge is 2.38. The fourth-order valence-electron chi connectivity index (χ4n) is 2.75. The summed E-state index contributed by atoms with van der Waals surface area (Å²) in [5.74, 6) is -1.62. The molecule has 0 saturated heterocycles. The lowest BCUT2D eigenvalue weighted by Gasteiger charge is -2.21. The van der Waals surface area contributed by atoms with Crippen molar-refractivity contribution < 1.29 is 27.5 Å². The van der Waals surface area contributed by atoms with Crippen LogP contribution < -0.4 is 0 Å². The van der Waals surface area contributed by atoms with Crippen LogP contribution in [0, 0.1) is 0 Å². The molecular formula is C22H15F3O3. The van der Waals surface area contributed by atoms with E-state index in [-0.39, 0.29) is 11.1 Å². The molecule has 3 nitrogen and oxygen atoms in total. The maximum Gasteiger partial charge on any atom is 0.416 e. The largest absolute Gasteiger partial charge is 0.445 e. The molecule has 1 unspecified atom stereocenters. The summed E-state index contributed by atoms with van der Waals surface area (Å²) in [6.07, 6.45) is -6.43. The number of halogens is 3. The fourth-order valence-corrected chi connectivity index (χ4v) is 2.75. The normalized spacial score (nSPS) is 12.2. The van der Waals surface area contributed by atoms with Crippen LogP contribution in [0.2, 0.25) is 0 Å². The summed E-state index contributed by atoms with van der Waals surface area (Å²) in [7, 11) is 0. The molecule has 0 spiro atoms. The van der Waals surface area contributed by atoms with Crippen molar-refractivity contribution in [2.24, 2.45) is 0 Å². The van der Waals surface area contributed by atoms with E-state index >= 15 is 0 Å². The lowest BCUT2D eigenvalue weighted by Crippen LogP contribution is -2.23. The van der Waals surface area contributed by atoms with Crippen LogP contribution in [0.15, 0.2) is 84.9 Å². The number of alkyl halides is 3. The molecule has 0 amide bonds. The van der Waals surface area contributed by atoms with Gasteiger partial charge >= 0.3 is 12.1 Å². The molecule has 0 bridgehead atoms. The molecule has 0 fully saturated rings. The molecule has 0 heterocycles. The van der Waals surface area contributed by atoms with E-state index in [0.29, 0.717) is 0 Å². The van der Waals surface area contributed by atoms with Crippen molar-refractivity contribution in [1.29, 1.82) is 0 Å². The third-order valence-electron chi connectivity index (χ3n) is 4.08. The molecule has 0 aliphatic heterocycles. The van der Waals surface area contributed by atoms with Crippen LogP contribution in [0.4, 0.5) is 13.2 Å². The van der Waals surface area contributed by atoms with Gasteiger partial charge in [-0.3, -0.25) is 4.79 Å². The Morgan fingerprint density at radius 3 is 1.79 bits per heavy atom. The van der Waals surface area contributed by atoms with Gasteiger partial charge in [-0.15, -0.1) is 0 Å². The number of hydrogen-bond donors (Lipinski definition) is 0. The predicted molar refractivity (Wildman–Crippen MR) is 96.8 cm³/mol. The molecule has 142 valence electrons. The third kappa shape index (κ3) is 4.28. The SMILES string of the molecule is O=C(OC(C(=O)c1ccccc1)c1ccccc1C(F)(F)F)c1ccccc1. The summed E-state index contributed by atoms with van der Waals surface area (Å²) < 4.78 is 45.7. The van der Waals surface area contributed by atoms with Crippen LogP contribution in [0.3, 0.4) is 0 Å². The number of esters is 1. The highest BCUT2D eigenvalue weighted by atomic mass is 19.4. The minimum Gasteiger partial charge on any atom is -0.445 e. The Morgan fingerprint density at radius 1 is 0.714 bits per heavy atom. The molecule has 6 heteroatoms. The average Bonchev–Trinajstić information content (AvgIpc) is 2.72. The standard InChI is InChI=1S/C22H15F3O3/c23-22(24,25)18-14-8-7-13-17(18)20(19(26)15-9-3-1-4-10-15)28-21(27)16-11-5-2-6-12-16/h1-14,20H. The van der Waals surface area contributed by atoms with Crippen LogP contribution in [0.1, 0.15) is 37.9 Å². The van der Waals surface area contributed by atoms with Gasteiger partial charge in [0.1, 0.15) is 0 Å². The summed E-state index contributed by atoms with van der Waals surface area (Å²) in [4.78, 5) is 25.4. The molecule has 3 aromatic carbocycles. The Bertz CT molecular complexity index is 967. The van der Waals surface area contributed by atoms with Crippen molar-refractivity contribution in [3.05, 3.63) is 107 Å². The minimum atomic E-state index is -4.70. The smallest absolute Gasteiger partial charge is 0.416 e. The van der Waals surface area contributed by atoms with E-state index in [4.69, 9.17) is 4.74 Å². The zero-order valence-corrected chi connectivity index (χ0v) is 14.5. The summed E-state index contributed by atoms with van der Waals surface area (Å²) >= 11 is 0. The number of Topliss-reactive ketones (excluding diaryl/α,β-unsaturated/α-hetero) is 1. The summed E-state index contributed by atoms with van der Waals surface area (Å²) in [6.45, 7) is 0. The van der Waals surface area contributed by atoms with Crippen molar-refractivity contribution in [2.75, 3.05) is 0 Å². The van der Waals surface area contributed by atoms with Crippen LogP contribution >= 0.6 is 0 Å². The van der Waals surface area contributed by atoms with Gasteiger partial charge in [-0.2, -0.15) is 13.2 Å². The maximum atomic E-state index is 13.5. The number of hydrogen-bond acceptors (Lipinski definition) is 3. The van der Waals surface area contributed by atoms with Crippen molar-refractivity contribution in [3.63, 3.8) is 0 Å². The van der Waals surface area contributed by atoms with E-state index in [1.807, 2.05) is 0 Å². The first-order valence-corrected chi connectivity index (χ1v) is 8.39. The molecule has 0 radical (unpaired) electrons. The van der Waals surface area contributed by atoms with E-state index in [9.17, 15) is 22.8 Å². The van der Waals surface area contributed by atoms with Gasteiger partial charge in [0.05, 0.1) is 11.1 Å². The van der Waals surface area contributed by atoms with Gasteiger partial charge in [-0.1, -0.05) is 66.7 Å². The molecule has 0 aliphatic carbocycles. The molecule has 0 aliphatic rings.